The van der Waals surface area contributed by atoms with Gasteiger partial charge in [0.25, 0.3) is 0 Å². The van der Waals surface area contributed by atoms with Gasteiger partial charge in [0.2, 0.25) is 0 Å². The number of rotatable bonds is 2. The van der Waals surface area contributed by atoms with Crippen molar-refractivity contribution in [3.63, 3.8) is 0 Å². The molecule has 1 aliphatic heterocycles. The summed E-state index contributed by atoms with van der Waals surface area (Å²) in [5, 5.41) is 0. The van der Waals surface area contributed by atoms with E-state index in [2.05, 4.69) is 9.45 Å². The van der Waals surface area contributed by atoms with Crippen LogP contribution in [0.1, 0.15) is 30.3 Å². The monoisotopic (exact) mass is 375 g/mol. The summed E-state index contributed by atoms with van der Waals surface area (Å²) in [5.41, 5.74) is 7.00. The number of esters is 1. The van der Waals surface area contributed by atoms with E-state index >= 15 is 0 Å². The third kappa shape index (κ3) is 2.36. The predicted molar refractivity (Wildman–Crippen MR) is 89.0 cm³/mol. The molecule has 2 N–H and O–H groups in total. The molecule has 0 spiro atoms. The summed E-state index contributed by atoms with van der Waals surface area (Å²) in [7, 11) is 0. The zero-order valence-corrected chi connectivity index (χ0v) is 14.1. The molecule has 3 atom stereocenters. The summed E-state index contributed by atoms with van der Waals surface area (Å²) in [6.45, 7) is 5.59. The number of hydrogen-bond acceptors (Lipinski definition) is 3. The zero-order valence-electron chi connectivity index (χ0n) is 11.9. The zero-order chi connectivity index (χ0) is 14.5. The number of carbonyl (C=O) groups excluding carboxylic acids is 1. The summed E-state index contributed by atoms with van der Waals surface area (Å²) in [6, 6.07) is 9.96. The second kappa shape index (κ2) is 4.38. The van der Waals surface area contributed by atoms with E-state index in [0.29, 0.717) is 0 Å². The maximum atomic E-state index is 12.4. The molecular weight excluding hydrogens is 353 g/mol. The van der Waals surface area contributed by atoms with Crippen molar-refractivity contribution in [2.45, 2.75) is 33.8 Å². The van der Waals surface area contributed by atoms with E-state index in [0.717, 1.165) is 5.56 Å². The van der Waals surface area contributed by atoms with E-state index in [1.807, 2.05) is 51.1 Å². The van der Waals surface area contributed by atoms with E-state index < -0.39 is 27.1 Å². The first-order valence-electron chi connectivity index (χ1n) is 6.19. The average Bonchev–Trinajstić information content (AvgIpc) is 2.73. The molecule has 1 fully saturated rings. The number of halogens is 1. The first-order chi connectivity index (χ1) is 8.61. The number of nitrogens with two attached hydrogens (primary N) is 1. The van der Waals surface area contributed by atoms with Gasteiger partial charge >= 0.3 is 118 Å². The van der Waals surface area contributed by atoms with Crippen LogP contribution in [0, 0.1) is 0 Å². The first-order valence-corrected chi connectivity index (χ1v) is 12.2. The van der Waals surface area contributed by atoms with E-state index in [-0.39, 0.29) is 9.89 Å². The van der Waals surface area contributed by atoms with Crippen LogP contribution in [0.3, 0.4) is 0 Å². The van der Waals surface area contributed by atoms with Crippen molar-refractivity contribution in [2.24, 2.45) is 5.73 Å². The van der Waals surface area contributed by atoms with Gasteiger partial charge in [-0.2, -0.15) is 0 Å². The Kier molecular flexibility index (Phi) is 3.38. The Morgan fingerprint density at radius 2 is 1.89 bits per heavy atom. The Labute approximate surface area is 118 Å². The van der Waals surface area contributed by atoms with Crippen molar-refractivity contribution >= 4 is 28.4 Å². The molecule has 0 amide bonds. The first kappa shape index (κ1) is 14.7. The topological polar surface area (TPSA) is 52.3 Å². The standard InChI is InChI=1S/C15H22INO2/c1-14(2,3)19-13(18)15(17)12(16(15,4)5)11-9-7-6-8-10-11/h6-10,12H,4,17H2,1-3,5H3/t12-,15+/m1/s1. The second-order valence-corrected chi connectivity index (χ2v) is 15.3. The molecule has 1 aliphatic rings. The van der Waals surface area contributed by atoms with Crippen LogP contribution < -0.4 is 5.73 Å². The van der Waals surface area contributed by atoms with Crippen LogP contribution in [-0.4, -0.2) is 24.6 Å². The molecule has 1 heterocycles. The van der Waals surface area contributed by atoms with Crippen molar-refractivity contribution < 1.29 is 9.53 Å². The minimum atomic E-state index is -2.56. The molecule has 3 nitrogen and oxygen atoms in total. The van der Waals surface area contributed by atoms with Crippen LogP contribution in [0.15, 0.2) is 30.3 Å². The summed E-state index contributed by atoms with van der Waals surface area (Å²) in [6.07, 6.45) is 0. The molecule has 0 saturated carbocycles. The van der Waals surface area contributed by atoms with Crippen molar-refractivity contribution in [1.82, 2.24) is 0 Å². The molecule has 1 unspecified atom stereocenters. The predicted octanol–water partition coefficient (Wildman–Crippen LogP) is 2.84. The number of ether oxygens (including phenoxy) is 1. The fraction of sp³-hybridized carbons (Fsp3) is 0.467. The van der Waals surface area contributed by atoms with Crippen molar-refractivity contribution in [3.8, 4) is 0 Å². The molecule has 4 heteroatoms. The Morgan fingerprint density at radius 3 is 2.37 bits per heavy atom. The fourth-order valence-electron chi connectivity index (χ4n) is 2.29. The minimum absolute atomic E-state index is 0.0791. The Bertz CT molecular complexity index is 547. The van der Waals surface area contributed by atoms with Gasteiger partial charge in [-0.3, -0.25) is 0 Å². The average molecular weight is 375 g/mol. The summed E-state index contributed by atoms with van der Waals surface area (Å²) in [5.74, 6) is -0.289. The normalized spacial score (nSPS) is 37.2. The SMILES string of the molecule is C=I1(C)[C@H](c2ccccc2)[C@]1(N)C(=O)OC(C)(C)C. The fourth-order valence-corrected chi connectivity index (χ4v) is 11.6. The molecule has 0 radical (unpaired) electrons. The second-order valence-electron chi connectivity index (χ2n) is 6.11. The number of hydrogen-bond donors (Lipinski definition) is 1. The van der Waals surface area contributed by atoms with Crippen LogP contribution in [0.5, 0.6) is 0 Å². The third-order valence-electron chi connectivity index (χ3n) is 3.32. The molecular formula is C15H22INO2. The maximum absolute atomic E-state index is 12.4. The molecule has 2 rings (SSSR count). The Hall–Kier alpha value is -0.750. The number of alkyl halides is 3. The van der Waals surface area contributed by atoms with Crippen LogP contribution in [0.2, 0.25) is 0 Å². The molecule has 0 aliphatic carbocycles. The van der Waals surface area contributed by atoms with Gasteiger partial charge in [0, 0.05) is 0 Å². The molecule has 0 bridgehead atoms. The summed E-state index contributed by atoms with van der Waals surface area (Å²) >= 11 is -2.56. The van der Waals surface area contributed by atoms with Gasteiger partial charge in [-0.1, -0.05) is 0 Å². The van der Waals surface area contributed by atoms with Crippen LogP contribution >= 0.6 is 18.0 Å². The molecule has 0 aromatic heterocycles. The summed E-state index contributed by atoms with van der Waals surface area (Å²) < 4.78 is 9.01. The molecule has 19 heavy (non-hydrogen) atoms. The number of benzene rings is 1. The molecule has 1 aromatic carbocycles. The van der Waals surface area contributed by atoms with E-state index in [4.69, 9.17) is 10.5 Å². The number of carbonyl (C=O) groups is 1. The van der Waals surface area contributed by atoms with Crippen LogP contribution in [0.4, 0.5) is 0 Å². The molecule has 1 aromatic rings. The van der Waals surface area contributed by atoms with Gasteiger partial charge in [0.15, 0.2) is 0 Å². The van der Waals surface area contributed by atoms with Crippen molar-refractivity contribution in [1.29, 1.82) is 0 Å². The quantitative estimate of drug-likeness (QED) is 0.374. The van der Waals surface area contributed by atoms with Crippen molar-refractivity contribution in [3.05, 3.63) is 35.9 Å². The van der Waals surface area contributed by atoms with Gasteiger partial charge < -0.3 is 0 Å². The molecule has 1 saturated heterocycles. The van der Waals surface area contributed by atoms with Crippen LogP contribution in [0.25, 0.3) is 0 Å². The Morgan fingerprint density at radius 1 is 1.37 bits per heavy atom. The Balaban J connectivity index is 2.31. The van der Waals surface area contributed by atoms with E-state index in [1.54, 1.807) is 0 Å². The van der Waals surface area contributed by atoms with E-state index in [9.17, 15) is 4.79 Å². The van der Waals surface area contributed by atoms with Gasteiger partial charge in [-0.25, -0.2) is 0 Å². The summed E-state index contributed by atoms with van der Waals surface area (Å²) in [4.78, 5) is 14.5. The van der Waals surface area contributed by atoms with Crippen molar-refractivity contribution in [2.75, 3.05) is 4.93 Å². The third-order valence-corrected chi connectivity index (χ3v) is 12.2. The van der Waals surface area contributed by atoms with Gasteiger partial charge in [-0.05, 0) is 0 Å². The van der Waals surface area contributed by atoms with E-state index in [1.165, 1.54) is 0 Å². The molecule has 106 valence electrons. The van der Waals surface area contributed by atoms with Gasteiger partial charge in [0.05, 0.1) is 0 Å². The van der Waals surface area contributed by atoms with Gasteiger partial charge in [0.1, 0.15) is 0 Å². The van der Waals surface area contributed by atoms with Crippen LogP contribution in [-0.2, 0) is 9.53 Å². The van der Waals surface area contributed by atoms with Gasteiger partial charge in [-0.15, -0.1) is 0 Å².